The number of aromatic nitrogens is 1. The van der Waals surface area contributed by atoms with Crippen molar-refractivity contribution in [2.75, 3.05) is 18.9 Å². The van der Waals surface area contributed by atoms with Gasteiger partial charge in [-0.05, 0) is 17.7 Å². The molecule has 2 aromatic rings. The van der Waals surface area contributed by atoms with Gasteiger partial charge in [-0.25, -0.2) is 4.98 Å². The average molecular weight is 345 g/mol. The minimum atomic E-state index is -4.48. The van der Waals surface area contributed by atoms with Crippen LogP contribution in [-0.2, 0) is 6.18 Å². The Kier molecular flexibility index (Phi) is 5.22. The summed E-state index contributed by atoms with van der Waals surface area (Å²) in [6, 6.07) is 4.36. The number of nitrogens with zero attached hydrogens (tertiary/aromatic N) is 1. The van der Waals surface area contributed by atoms with Crippen LogP contribution in [0.3, 0.4) is 0 Å². The number of carbonyl (C=O) groups excluding carboxylic acids is 1. The van der Waals surface area contributed by atoms with Crippen LogP contribution in [0.2, 0.25) is 0 Å². The Morgan fingerprint density at radius 1 is 1.43 bits per heavy atom. The van der Waals surface area contributed by atoms with E-state index in [1.54, 1.807) is 7.05 Å². The molecule has 0 fully saturated rings. The Labute approximate surface area is 134 Å². The Bertz CT molecular complexity index is 688. The summed E-state index contributed by atoms with van der Waals surface area (Å²) in [7, 11) is 1.66. The number of hydrogen-bond donors (Lipinski definition) is 3. The molecule has 0 aliphatic carbocycles. The number of hydrogen-bond acceptors (Lipinski definition) is 5. The average Bonchev–Trinajstić information content (AvgIpc) is 3.00. The van der Waals surface area contributed by atoms with Gasteiger partial charge in [0, 0.05) is 19.0 Å². The molecule has 1 aromatic carbocycles. The second-order valence-corrected chi connectivity index (χ2v) is 5.50. The van der Waals surface area contributed by atoms with Gasteiger partial charge in [-0.1, -0.05) is 12.1 Å². The zero-order chi connectivity index (χ0) is 17.0. The molecule has 0 saturated carbocycles. The van der Waals surface area contributed by atoms with Crippen LogP contribution in [-0.4, -0.2) is 29.6 Å². The molecule has 23 heavy (non-hydrogen) atoms. The highest BCUT2D eigenvalue weighted by molar-refractivity contribution is 7.13. The van der Waals surface area contributed by atoms with Crippen molar-refractivity contribution in [2.24, 2.45) is 0 Å². The van der Waals surface area contributed by atoms with E-state index in [2.05, 4.69) is 15.6 Å². The van der Waals surface area contributed by atoms with E-state index in [0.29, 0.717) is 5.13 Å². The highest BCUT2D eigenvalue weighted by Crippen LogP contribution is 2.30. The number of amides is 1. The molecular weight excluding hydrogens is 331 g/mol. The van der Waals surface area contributed by atoms with E-state index in [-0.39, 0.29) is 17.8 Å². The number of aliphatic hydroxyl groups is 1. The molecule has 1 atom stereocenters. The van der Waals surface area contributed by atoms with Crippen LogP contribution in [0.15, 0.2) is 29.6 Å². The fourth-order valence-electron chi connectivity index (χ4n) is 1.81. The van der Waals surface area contributed by atoms with Crippen molar-refractivity contribution in [1.29, 1.82) is 0 Å². The van der Waals surface area contributed by atoms with Crippen LogP contribution in [0.25, 0.3) is 0 Å². The van der Waals surface area contributed by atoms with Crippen molar-refractivity contribution >= 4 is 22.4 Å². The lowest BCUT2D eigenvalue weighted by Crippen LogP contribution is -2.28. The Morgan fingerprint density at radius 3 is 2.78 bits per heavy atom. The molecule has 124 valence electrons. The minimum absolute atomic E-state index is 0.0781. The van der Waals surface area contributed by atoms with Crippen LogP contribution in [0.5, 0.6) is 0 Å². The summed E-state index contributed by atoms with van der Waals surface area (Å²) in [5.74, 6) is -0.506. The number of thiazole rings is 1. The summed E-state index contributed by atoms with van der Waals surface area (Å²) in [5.41, 5.74) is -0.594. The first-order valence-corrected chi connectivity index (χ1v) is 7.46. The van der Waals surface area contributed by atoms with E-state index in [0.717, 1.165) is 12.1 Å². The molecule has 0 aliphatic rings. The maximum absolute atomic E-state index is 12.6. The van der Waals surface area contributed by atoms with E-state index >= 15 is 0 Å². The fraction of sp³-hybridized carbons (Fsp3) is 0.286. The van der Waals surface area contributed by atoms with Gasteiger partial charge in [0.25, 0.3) is 5.91 Å². The molecule has 1 heterocycles. The number of halogens is 3. The largest absolute Gasteiger partial charge is 0.416 e. The Hall–Kier alpha value is -2.13. The van der Waals surface area contributed by atoms with Crippen LogP contribution in [0.4, 0.5) is 18.3 Å². The van der Waals surface area contributed by atoms with Crippen molar-refractivity contribution in [3.8, 4) is 0 Å². The first-order chi connectivity index (χ1) is 10.8. The number of nitrogens with one attached hydrogen (secondary N) is 2. The lowest BCUT2D eigenvalue weighted by Gasteiger charge is -2.14. The van der Waals surface area contributed by atoms with Gasteiger partial charge in [-0.2, -0.15) is 13.2 Å². The topological polar surface area (TPSA) is 74.2 Å². The van der Waals surface area contributed by atoms with Gasteiger partial charge in [0.2, 0.25) is 0 Å². The van der Waals surface area contributed by atoms with Crippen molar-refractivity contribution in [3.05, 3.63) is 46.5 Å². The summed E-state index contributed by atoms with van der Waals surface area (Å²) in [5, 5.41) is 17.3. The molecule has 0 radical (unpaired) electrons. The van der Waals surface area contributed by atoms with Crippen LogP contribution < -0.4 is 10.6 Å². The molecule has 5 nitrogen and oxygen atoms in total. The van der Waals surface area contributed by atoms with E-state index in [1.165, 1.54) is 28.8 Å². The molecule has 9 heteroatoms. The smallest absolute Gasteiger partial charge is 0.387 e. The molecule has 1 aromatic heterocycles. The zero-order valence-corrected chi connectivity index (χ0v) is 12.8. The highest BCUT2D eigenvalue weighted by atomic mass is 32.1. The molecule has 2 rings (SSSR count). The van der Waals surface area contributed by atoms with Gasteiger partial charge in [0.15, 0.2) is 5.13 Å². The van der Waals surface area contributed by atoms with Gasteiger partial charge in [-0.3, -0.25) is 4.79 Å². The number of benzene rings is 1. The van der Waals surface area contributed by atoms with E-state index in [4.69, 9.17) is 0 Å². The molecular formula is C14H14F3N3O2S. The minimum Gasteiger partial charge on any atom is -0.387 e. The summed E-state index contributed by atoms with van der Waals surface area (Å²) in [6.45, 7) is -0.216. The normalized spacial score (nSPS) is 12.7. The maximum atomic E-state index is 12.6. The van der Waals surface area contributed by atoms with Crippen LogP contribution >= 0.6 is 11.3 Å². The van der Waals surface area contributed by atoms with Gasteiger partial charge >= 0.3 is 6.18 Å². The van der Waals surface area contributed by atoms with Crippen molar-refractivity contribution in [2.45, 2.75) is 12.3 Å². The number of rotatable bonds is 5. The van der Waals surface area contributed by atoms with Gasteiger partial charge in [0.1, 0.15) is 5.69 Å². The number of carbonyl (C=O) groups is 1. The standard InChI is InChI=1S/C14H14F3N3O2S/c1-18-13-20-10(7-23-13)12(22)19-6-11(21)8-3-2-4-9(5-8)14(15,16)17/h2-5,7,11,21H,6H2,1H3,(H,18,20)(H,19,22). The second kappa shape index (κ2) is 6.97. The quantitative estimate of drug-likeness (QED) is 0.779. The summed E-state index contributed by atoms with van der Waals surface area (Å²) < 4.78 is 37.9. The van der Waals surface area contributed by atoms with Crippen molar-refractivity contribution in [1.82, 2.24) is 10.3 Å². The summed E-state index contributed by atoms with van der Waals surface area (Å²) in [6.07, 6.45) is -5.73. The lowest BCUT2D eigenvalue weighted by molar-refractivity contribution is -0.137. The maximum Gasteiger partial charge on any atom is 0.416 e. The first kappa shape index (κ1) is 17.2. The zero-order valence-electron chi connectivity index (χ0n) is 12.0. The predicted molar refractivity (Wildman–Crippen MR) is 80.4 cm³/mol. The van der Waals surface area contributed by atoms with E-state index in [9.17, 15) is 23.1 Å². The Balaban J connectivity index is 1.99. The van der Waals surface area contributed by atoms with Gasteiger partial charge in [-0.15, -0.1) is 11.3 Å². The molecule has 0 aliphatic heterocycles. The molecule has 1 unspecified atom stereocenters. The van der Waals surface area contributed by atoms with Crippen molar-refractivity contribution in [3.63, 3.8) is 0 Å². The molecule has 0 bridgehead atoms. The number of alkyl halides is 3. The molecule has 1 amide bonds. The van der Waals surface area contributed by atoms with Crippen LogP contribution in [0, 0.1) is 0 Å². The summed E-state index contributed by atoms with van der Waals surface area (Å²) >= 11 is 1.24. The van der Waals surface area contributed by atoms with E-state index in [1.807, 2.05) is 0 Å². The fourth-order valence-corrected chi connectivity index (χ4v) is 2.46. The third-order valence-corrected chi connectivity index (χ3v) is 3.87. The SMILES string of the molecule is CNc1nc(C(=O)NCC(O)c2cccc(C(F)(F)F)c2)cs1. The van der Waals surface area contributed by atoms with Gasteiger partial charge < -0.3 is 15.7 Å². The predicted octanol–water partition coefficient (Wildman–Crippen LogP) is 2.67. The first-order valence-electron chi connectivity index (χ1n) is 6.58. The lowest BCUT2D eigenvalue weighted by atomic mass is 10.1. The monoisotopic (exact) mass is 345 g/mol. The Morgan fingerprint density at radius 2 is 2.17 bits per heavy atom. The van der Waals surface area contributed by atoms with Gasteiger partial charge in [0.05, 0.1) is 11.7 Å². The highest BCUT2D eigenvalue weighted by Gasteiger charge is 2.30. The van der Waals surface area contributed by atoms with Crippen LogP contribution in [0.1, 0.15) is 27.7 Å². The third-order valence-electron chi connectivity index (χ3n) is 3.01. The van der Waals surface area contributed by atoms with E-state index < -0.39 is 23.8 Å². The molecule has 0 spiro atoms. The van der Waals surface area contributed by atoms with Crippen molar-refractivity contribution < 1.29 is 23.1 Å². The second-order valence-electron chi connectivity index (χ2n) is 4.64. The molecule has 0 saturated heterocycles. The summed E-state index contributed by atoms with van der Waals surface area (Å²) in [4.78, 5) is 15.8. The number of anilines is 1. The number of aliphatic hydroxyl groups excluding tert-OH is 1. The third kappa shape index (κ3) is 4.42. The molecule has 3 N–H and O–H groups in total.